The van der Waals surface area contributed by atoms with E-state index < -0.39 is 23.7 Å². The molecular weight excluding hydrogens is 615 g/mol. The number of hydrogen-bond donors (Lipinski definition) is 4. The van der Waals surface area contributed by atoms with Gasteiger partial charge in [0.15, 0.2) is 11.5 Å². The maximum atomic E-state index is 13.7. The van der Waals surface area contributed by atoms with Crippen LogP contribution in [0.3, 0.4) is 0 Å². The van der Waals surface area contributed by atoms with E-state index in [1.54, 1.807) is 4.90 Å². The van der Waals surface area contributed by atoms with Gasteiger partial charge in [0.2, 0.25) is 0 Å². The van der Waals surface area contributed by atoms with Crippen LogP contribution in [0.5, 0.6) is 0 Å². The molecule has 2 aromatic heterocycles. The molecule has 0 bridgehead atoms. The highest BCUT2D eigenvalue weighted by molar-refractivity contribution is 6.34. The summed E-state index contributed by atoms with van der Waals surface area (Å²) in [6.07, 6.45) is 0.155. The first-order chi connectivity index (χ1) is 21.5. The van der Waals surface area contributed by atoms with Crippen molar-refractivity contribution in [3.8, 4) is 11.3 Å². The molecule has 12 nitrogen and oxygen atoms in total. The Morgan fingerprint density at radius 1 is 1.13 bits per heavy atom. The summed E-state index contributed by atoms with van der Waals surface area (Å²) in [5.74, 6) is -0.818. The van der Waals surface area contributed by atoms with Crippen molar-refractivity contribution in [2.45, 2.75) is 38.4 Å². The Kier molecular flexibility index (Phi) is 9.68. The Balaban J connectivity index is 1.19. The number of hydrogen-bond acceptors (Lipinski definition) is 6. The lowest BCUT2D eigenvalue weighted by Crippen LogP contribution is -2.51. The second kappa shape index (κ2) is 13.5. The van der Waals surface area contributed by atoms with Gasteiger partial charge in [-0.15, -0.1) is 0 Å². The predicted octanol–water partition coefficient (Wildman–Crippen LogP) is 3.91. The number of aromatic nitrogens is 4. The topological polar surface area (TPSA) is 138 Å². The van der Waals surface area contributed by atoms with Crippen LogP contribution in [-0.4, -0.2) is 81.3 Å². The smallest absolute Gasteiger partial charge is 0.350 e. The number of urea groups is 1. The van der Waals surface area contributed by atoms with Crippen molar-refractivity contribution in [3.63, 3.8) is 0 Å². The van der Waals surface area contributed by atoms with Crippen LogP contribution in [-0.2, 0) is 13.2 Å². The summed E-state index contributed by atoms with van der Waals surface area (Å²) >= 11 is 6.37. The quantitative estimate of drug-likeness (QED) is 0.235. The monoisotopic (exact) mass is 649 g/mol. The van der Waals surface area contributed by atoms with Crippen molar-refractivity contribution >= 4 is 35.1 Å². The van der Waals surface area contributed by atoms with Crippen LogP contribution in [0.2, 0.25) is 5.02 Å². The fourth-order valence-corrected chi connectivity index (χ4v) is 5.24. The molecule has 242 valence electrons. The lowest BCUT2D eigenvalue weighted by molar-refractivity contribution is -0.141. The Labute approximate surface area is 262 Å². The summed E-state index contributed by atoms with van der Waals surface area (Å²) in [7, 11) is 1.45. The number of amides is 4. The molecule has 5 rings (SSSR count). The van der Waals surface area contributed by atoms with E-state index in [4.69, 9.17) is 11.6 Å². The Morgan fingerprint density at radius 2 is 1.89 bits per heavy atom. The number of alkyl halides is 3. The highest BCUT2D eigenvalue weighted by Crippen LogP contribution is 2.41. The zero-order valence-electron chi connectivity index (χ0n) is 24.9. The largest absolute Gasteiger partial charge is 0.435 e. The molecule has 4 N–H and O–H groups in total. The number of carbonyl (C=O) groups is 3. The van der Waals surface area contributed by atoms with Crippen LogP contribution in [0, 0.1) is 5.92 Å². The molecule has 0 radical (unpaired) electrons. The molecule has 3 heterocycles. The lowest BCUT2D eigenvalue weighted by atomic mass is 10.0. The number of rotatable bonds is 12. The molecule has 1 saturated carbocycles. The highest BCUT2D eigenvalue weighted by Gasteiger charge is 2.40. The maximum Gasteiger partial charge on any atom is 0.435 e. The zero-order chi connectivity index (χ0) is 32.3. The molecule has 1 aliphatic carbocycles. The first-order valence-corrected chi connectivity index (χ1v) is 15.1. The van der Waals surface area contributed by atoms with Crippen molar-refractivity contribution in [3.05, 3.63) is 52.7 Å². The third kappa shape index (κ3) is 7.59. The summed E-state index contributed by atoms with van der Waals surface area (Å²) < 4.78 is 43.8. The van der Waals surface area contributed by atoms with E-state index in [2.05, 4.69) is 31.3 Å². The summed E-state index contributed by atoms with van der Waals surface area (Å²) in [5.41, 5.74) is -0.670. The second-order valence-corrected chi connectivity index (χ2v) is 11.6. The Morgan fingerprint density at radius 3 is 2.51 bits per heavy atom. The second-order valence-electron chi connectivity index (χ2n) is 11.2. The van der Waals surface area contributed by atoms with E-state index in [9.17, 15) is 27.6 Å². The summed E-state index contributed by atoms with van der Waals surface area (Å²) in [6.45, 7) is 5.41. The van der Waals surface area contributed by atoms with Gasteiger partial charge in [0.25, 0.3) is 11.8 Å². The standard InChI is InChI=1S/C29H35ClF3N9O3/c1-3-9-41(28(45)37-14-17-12-34-13-17)10-8-35-26(43)20-7-4-18(11-22(20)30)38-27(44)25-36-15-23(40(25)2)21-16-42(19-5-6-19)39-24(21)29(31,32)33/h4,7,11,15-17,19,34H,3,5-6,8-10,12-14H2,1-2H3,(H,35,43)(H,37,45)(H,38,44). The number of nitrogens with one attached hydrogen (secondary N) is 4. The van der Waals surface area contributed by atoms with Gasteiger partial charge in [-0.05, 0) is 37.5 Å². The van der Waals surface area contributed by atoms with Crippen molar-refractivity contribution in [2.75, 3.05) is 44.6 Å². The van der Waals surface area contributed by atoms with Crippen molar-refractivity contribution < 1.29 is 27.6 Å². The van der Waals surface area contributed by atoms with Crippen LogP contribution in [0.1, 0.15) is 58.9 Å². The van der Waals surface area contributed by atoms with Crippen molar-refractivity contribution in [1.29, 1.82) is 0 Å². The van der Waals surface area contributed by atoms with Gasteiger partial charge in [0.1, 0.15) is 0 Å². The minimum absolute atomic E-state index is 0.0627. The van der Waals surface area contributed by atoms with Gasteiger partial charge < -0.3 is 30.7 Å². The van der Waals surface area contributed by atoms with Gasteiger partial charge >= 0.3 is 12.2 Å². The van der Waals surface area contributed by atoms with Crippen LogP contribution < -0.4 is 21.3 Å². The average molecular weight is 650 g/mol. The SMILES string of the molecule is CCCN(CCNC(=O)c1ccc(NC(=O)c2ncc(-c3cn(C4CC4)nc3C(F)(F)F)n2C)cc1Cl)C(=O)NCC1CNC1. The molecule has 0 atom stereocenters. The van der Waals surface area contributed by atoms with Crippen LogP contribution >= 0.6 is 11.6 Å². The average Bonchev–Trinajstić information content (AvgIpc) is 3.58. The van der Waals surface area contributed by atoms with Gasteiger partial charge in [0, 0.05) is 64.1 Å². The van der Waals surface area contributed by atoms with Crippen LogP contribution in [0.4, 0.5) is 23.7 Å². The van der Waals surface area contributed by atoms with Crippen molar-refractivity contribution in [1.82, 2.24) is 40.2 Å². The van der Waals surface area contributed by atoms with E-state index in [1.165, 1.54) is 46.9 Å². The van der Waals surface area contributed by atoms with E-state index in [0.29, 0.717) is 25.6 Å². The third-order valence-corrected chi connectivity index (χ3v) is 8.03. The molecule has 45 heavy (non-hydrogen) atoms. The van der Waals surface area contributed by atoms with E-state index in [1.807, 2.05) is 6.92 Å². The van der Waals surface area contributed by atoms with Gasteiger partial charge in [-0.25, -0.2) is 9.78 Å². The lowest BCUT2D eigenvalue weighted by Gasteiger charge is -2.29. The fourth-order valence-electron chi connectivity index (χ4n) is 4.97. The van der Waals surface area contributed by atoms with E-state index in [-0.39, 0.29) is 52.0 Å². The minimum Gasteiger partial charge on any atom is -0.350 e. The third-order valence-electron chi connectivity index (χ3n) is 7.72. The molecule has 2 aliphatic rings. The molecule has 1 aromatic carbocycles. The maximum absolute atomic E-state index is 13.7. The van der Waals surface area contributed by atoms with Crippen molar-refractivity contribution in [2.24, 2.45) is 13.0 Å². The fraction of sp³-hybridized carbons (Fsp3) is 0.483. The van der Waals surface area contributed by atoms with E-state index in [0.717, 1.165) is 32.4 Å². The number of anilines is 1. The molecular formula is C29H35ClF3N9O3. The number of halogens is 4. The first-order valence-electron chi connectivity index (χ1n) is 14.8. The molecule has 1 aliphatic heterocycles. The molecule has 0 spiro atoms. The Hall–Kier alpha value is -4.11. The number of carbonyl (C=O) groups excluding carboxylic acids is 3. The molecule has 0 unspecified atom stereocenters. The van der Waals surface area contributed by atoms with Gasteiger partial charge in [-0.3, -0.25) is 14.3 Å². The molecule has 16 heteroatoms. The number of benzene rings is 1. The Bertz CT molecular complexity index is 1560. The molecule has 3 aromatic rings. The molecule has 1 saturated heterocycles. The number of imidazole rings is 1. The molecule has 4 amide bonds. The predicted molar refractivity (Wildman–Crippen MR) is 161 cm³/mol. The van der Waals surface area contributed by atoms with Gasteiger partial charge in [0.05, 0.1) is 34.1 Å². The minimum atomic E-state index is -4.68. The van der Waals surface area contributed by atoms with Crippen LogP contribution in [0.15, 0.2) is 30.6 Å². The zero-order valence-corrected chi connectivity index (χ0v) is 25.6. The summed E-state index contributed by atoms with van der Waals surface area (Å²) in [4.78, 5) is 44.1. The summed E-state index contributed by atoms with van der Waals surface area (Å²) in [5, 5.41) is 15.3. The normalized spacial score (nSPS) is 15.0. The molecule has 2 fully saturated rings. The van der Waals surface area contributed by atoms with Gasteiger partial charge in [-0.1, -0.05) is 18.5 Å². The van der Waals surface area contributed by atoms with Gasteiger partial charge in [-0.2, -0.15) is 18.3 Å². The van der Waals surface area contributed by atoms with E-state index >= 15 is 0 Å². The highest BCUT2D eigenvalue weighted by atomic mass is 35.5. The van der Waals surface area contributed by atoms with Crippen LogP contribution in [0.25, 0.3) is 11.3 Å². The number of nitrogens with zero attached hydrogens (tertiary/aromatic N) is 5. The summed E-state index contributed by atoms with van der Waals surface area (Å²) in [6, 6.07) is 4.08. The first kappa shape index (κ1) is 32.3.